The zero-order valence-corrected chi connectivity index (χ0v) is 9.09. The van der Waals surface area contributed by atoms with E-state index >= 15 is 0 Å². The number of hydrogen-bond donors (Lipinski definition) is 1. The van der Waals surface area contributed by atoms with Crippen molar-refractivity contribution in [1.29, 1.82) is 0 Å². The Morgan fingerprint density at radius 2 is 2.29 bits per heavy atom. The van der Waals surface area contributed by atoms with E-state index in [1.165, 1.54) is 0 Å². The maximum absolute atomic E-state index is 9.56. The lowest BCUT2D eigenvalue weighted by atomic mass is 10.0. The Labute approximate surface area is 90.0 Å². The van der Waals surface area contributed by atoms with Crippen LogP contribution >= 0.6 is 11.6 Å². The van der Waals surface area contributed by atoms with Gasteiger partial charge in [0.15, 0.2) is 0 Å². The van der Waals surface area contributed by atoms with Crippen molar-refractivity contribution in [3.63, 3.8) is 0 Å². The van der Waals surface area contributed by atoms with Crippen molar-refractivity contribution in [1.82, 2.24) is 0 Å². The Morgan fingerprint density at radius 1 is 1.57 bits per heavy atom. The molecule has 76 valence electrons. The number of benzene rings is 1. The van der Waals surface area contributed by atoms with Crippen molar-refractivity contribution >= 4 is 11.6 Å². The topological polar surface area (TPSA) is 20.2 Å². The fourth-order valence-corrected chi connectivity index (χ4v) is 1.50. The molecule has 0 fully saturated rings. The number of aryl methyl sites for hydroxylation is 1. The smallest absolute Gasteiger partial charge is 0.0614 e. The molecule has 0 radical (unpaired) electrons. The second kappa shape index (κ2) is 5.18. The standard InChI is InChI=1S/C12H15ClO/c1-3-4-11(14)8-10-5-6-12(13)9(2)7-10/h3,5-7,11,14H,1,4,8H2,2H3. The molecule has 1 nitrogen and oxygen atoms in total. The first-order valence-corrected chi connectivity index (χ1v) is 5.05. The van der Waals surface area contributed by atoms with E-state index < -0.39 is 0 Å². The summed E-state index contributed by atoms with van der Waals surface area (Å²) in [5.41, 5.74) is 2.16. The van der Waals surface area contributed by atoms with E-state index in [1.807, 2.05) is 25.1 Å². The van der Waals surface area contributed by atoms with Gasteiger partial charge in [-0.2, -0.15) is 0 Å². The average Bonchev–Trinajstić information content (AvgIpc) is 2.12. The molecule has 1 rings (SSSR count). The number of hydrogen-bond acceptors (Lipinski definition) is 1. The fourth-order valence-electron chi connectivity index (χ4n) is 1.38. The third kappa shape index (κ3) is 3.17. The summed E-state index contributed by atoms with van der Waals surface area (Å²) in [7, 11) is 0. The van der Waals surface area contributed by atoms with E-state index in [0.717, 1.165) is 16.1 Å². The highest BCUT2D eigenvalue weighted by atomic mass is 35.5. The van der Waals surface area contributed by atoms with E-state index in [4.69, 9.17) is 11.6 Å². The average molecular weight is 211 g/mol. The summed E-state index contributed by atoms with van der Waals surface area (Å²) in [6.45, 7) is 5.56. The molecule has 2 heteroatoms. The number of aliphatic hydroxyl groups excluding tert-OH is 1. The van der Waals surface area contributed by atoms with Crippen molar-refractivity contribution < 1.29 is 5.11 Å². The minimum atomic E-state index is -0.340. The fraction of sp³-hybridized carbons (Fsp3) is 0.333. The summed E-state index contributed by atoms with van der Waals surface area (Å²) in [5, 5.41) is 10.3. The molecule has 0 spiro atoms. The Morgan fingerprint density at radius 3 is 2.86 bits per heavy atom. The van der Waals surface area contributed by atoms with Crippen LogP contribution in [0.4, 0.5) is 0 Å². The van der Waals surface area contributed by atoms with Gasteiger partial charge in [-0.1, -0.05) is 29.8 Å². The van der Waals surface area contributed by atoms with E-state index in [9.17, 15) is 5.11 Å². The molecule has 0 aromatic heterocycles. The van der Waals surface area contributed by atoms with Crippen molar-refractivity contribution in [3.8, 4) is 0 Å². The van der Waals surface area contributed by atoms with Gasteiger partial charge in [0.2, 0.25) is 0 Å². The molecule has 0 bridgehead atoms. The lowest BCUT2D eigenvalue weighted by Gasteiger charge is -2.08. The Kier molecular flexibility index (Phi) is 4.18. The highest BCUT2D eigenvalue weighted by Gasteiger charge is 2.04. The van der Waals surface area contributed by atoms with Crippen LogP contribution in [0.1, 0.15) is 17.5 Å². The van der Waals surface area contributed by atoms with Crippen LogP contribution in [-0.2, 0) is 6.42 Å². The molecule has 0 aliphatic carbocycles. The van der Waals surface area contributed by atoms with Gasteiger partial charge in [0.05, 0.1) is 6.10 Å². The van der Waals surface area contributed by atoms with E-state index in [1.54, 1.807) is 6.08 Å². The maximum atomic E-state index is 9.56. The SMILES string of the molecule is C=CCC(O)Cc1ccc(Cl)c(C)c1. The first-order valence-electron chi connectivity index (χ1n) is 4.67. The van der Waals surface area contributed by atoms with Gasteiger partial charge in [-0.05, 0) is 37.0 Å². The summed E-state index contributed by atoms with van der Waals surface area (Å²) in [6.07, 6.45) is 2.67. The normalized spacial score (nSPS) is 12.5. The van der Waals surface area contributed by atoms with Crippen LogP contribution in [-0.4, -0.2) is 11.2 Å². The van der Waals surface area contributed by atoms with Gasteiger partial charge in [-0.25, -0.2) is 0 Å². The van der Waals surface area contributed by atoms with Crippen LogP contribution in [0.25, 0.3) is 0 Å². The molecule has 0 amide bonds. The number of halogens is 1. The number of aliphatic hydroxyl groups is 1. The highest BCUT2D eigenvalue weighted by molar-refractivity contribution is 6.31. The molecular weight excluding hydrogens is 196 g/mol. The van der Waals surface area contributed by atoms with Crippen LogP contribution in [0.15, 0.2) is 30.9 Å². The van der Waals surface area contributed by atoms with Crippen LogP contribution < -0.4 is 0 Å². The first kappa shape index (κ1) is 11.3. The van der Waals surface area contributed by atoms with Crippen molar-refractivity contribution in [2.45, 2.75) is 25.9 Å². The molecule has 1 aromatic rings. The Bertz CT molecular complexity index is 320. The Hall–Kier alpha value is -0.790. The van der Waals surface area contributed by atoms with Gasteiger partial charge in [-0.3, -0.25) is 0 Å². The molecule has 0 heterocycles. The van der Waals surface area contributed by atoms with Crippen LogP contribution in [0.3, 0.4) is 0 Å². The van der Waals surface area contributed by atoms with Crippen molar-refractivity contribution in [2.24, 2.45) is 0 Å². The largest absolute Gasteiger partial charge is 0.392 e. The van der Waals surface area contributed by atoms with E-state index in [0.29, 0.717) is 12.8 Å². The summed E-state index contributed by atoms with van der Waals surface area (Å²) in [5.74, 6) is 0. The van der Waals surface area contributed by atoms with Crippen LogP contribution in [0.5, 0.6) is 0 Å². The summed E-state index contributed by atoms with van der Waals surface area (Å²) >= 11 is 5.90. The maximum Gasteiger partial charge on any atom is 0.0614 e. The van der Waals surface area contributed by atoms with Crippen molar-refractivity contribution in [2.75, 3.05) is 0 Å². The lowest BCUT2D eigenvalue weighted by molar-refractivity contribution is 0.178. The van der Waals surface area contributed by atoms with Gasteiger partial charge in [0.25, 0.3) is 0 Å². The third-order valence-corrected chi connectivity index (χ3v) is 2.56. The minimum absolute atomic E-state index is 0.340. The zero-order chi connectivity index (χ0) is 10.6. The van der Waals surface area contributed by atoms with Gasteiger partial charge in [-0.15, -0.1) is 6.58 Å². The predicted molar refractivity (Wildman–Crippen MR) is 60.7 cm³/mol. The molecule has 1 unspecified atom stereocenters. The summed E-state index contributed by atoms with van der Waals surface area (Å²) in [4.78, 5) is 0. The van der Waals surface area contributed by atoms with Gasteiger partial charge in [0.1, 0.15) is 0 Å². The predicted octanol–water partition coefficient (Wildman–Crippen LogP) is 3.13. The minimum Gasteiger partial charge on any atom is -0.392 e. The molecule has 1 atom stereocenters. The van der Waals surface area contributed by atoms with Crippen LogP contribution in [0, 0.1) is 6.92 Å². The zero-order valence-electron chi connectivity index (χ0n) is 8.33. The second-order valence-electron chi connectivity index (χ2n) is 3.47. The molecule has 0 aliphatic rings. The molecule has 0 aliphatic heterocycles. The second-order valence-corrected chi connectivity index (χ2v) is 3.87. The van der Waals surface area contributed by atoms with Crippen LogP contribution in [0.2, 0.25) is 5.02 Å². The monoisotopic (exact) mass is 210 g/mol. The van der Waals surface area contributed by atoms with Gasteiger partial charge >= 0.3 is 0 Å². The quantitative estimate of drug-likeness (QED) is 0.758. The number of rotatable bonds is 4. The molecule has 1 N–H and O–H groups in total. The molecule has 0 saturated heterocycles. The van der Waals surface area contributed by atoms with E-state index in [2.05, 4.69) is 6.58 Å². The van der Waals surface area contributed by atoms with Gasteiger partial charge in [0, 0.05) is 5.02 Å². The first-order chi connectivity index (χ1) is 6.63. The highest BCUT2D eigenvalue weighted by Crippen LogP contribution is 2.17. The van der Waals surface area contributed by atoms with E-state index in [-0.39, 0.29) is 6.10 Å². The molecular formula is C12H15ClO. The molecule has 14 heavy (non-hydrogen) atoms. The Balaban J connectivity index is 2.67. The lowest BCUT2D eigenvalue weighted by Crippen LogP contribution is -2.08. The third-order valence-electron chi connectivity index (χ3n) is 2.13. The summed E-state index contributed by atoms with van der Waals surface area (Å²) < 4.78 is 0. The molecule has 1 aromatic carbocycles. The summed E-state index contributed by atoms with van der Waals surface area (Å²) in [6, 6.07) is 5.82. The van der Waals surface area contributed by atoms with Crippen molar-refractivity contribution in [3.05, 3.63) is 47.0 Å². The molecule has 0 saturated carbocycles. The van der Waals surface area contributed by atoms with Gasteiger partial charge < -0.3 is 5.11 Å².